The Labute approximate surface area is 205 Å². The summed E-state index contributed by atoms with van der Waals surface area (Å²) in [6.45, 7) is 6.35. The van der Waals surface area contributed by atoms with Crippen LogP contribution in [0.4, 0.5) is 5.69 Å². The van der Waals surface area contributed by atoms with Crippen LogP contribution < -0.4 is 14.4 Å². The Morgan fingerprint density at radius 3 is 2.06 bits per heavy atom. The Kier molecular flexibility index (Phi) is 6.39. The van der Waals surface area contributed by atoms with Crippen LogP contribution in [0.5, 0.6) is 11.5 Å². The van der Waals surface area contributed by atoms with Crippen molar-refractivity contribution in [3.63, 3.8) is 0 Å². The maximum absolute atomic E-state index is 13.4. The van der Waals surface area contributed by atoms with Gasteiger partial charge in [0.2, 0.25) is 0 Å². The first kappa shape index (κ1) is 24.1. The minimum absolute atomic E-state index is 0.0128. The number of Topliss-reactive ketones (excluding diaryl/α,β-unsaturated/α-hetero) is 1. The van der Waals surface area contributed by atoms with Crippen molar-refractivity contribution in [1.29, 1.82) is 0 Å². The summed E-state index contributed by atoms with van der Waals surface area (Å²) in [6, 6.07) is 20.8. The highest BCUT2D eigenvalue weighted by Gasteiger charge is 2.47. The number of hydrogen-bond acceptors (Lipinski definition) is 5. The number of para-hydroxylation sites is 1. The number of ether oxygens (including phenoxy) is 2. The second-order valence-corrected chi connectivity index (χ2v) is 9.44. The van der Waals surface area contributed by atoms with Crippen LogP contribution in [-0.4, -0.2) is 31.0 Å². The molecule has 3 aromatic carbocycles. The van der Waals surface area contributed by atoms with Crippen LogP contribution in [0, 0.1) is 0 Å². The van der Waals surface area contributed by atoms with Crippen molar-refractivity contribution in [3.8, 4) is 11.5 Å². The van der Waals surface area contributed by atoms with Gasteiger partial charge in [0.1, 0.15) is 17.3 Å². The molecule has 0 spiro atoms. The number of rotatable bonds is 5. The molecule has 0 aliphatic carbocycles. The fourth-order valence-electron chi connectivity index (χ4n) is 4.31. The van der Waals surface area contributed by atoms with Crippen LogP contribution in [-0.2, 0) is 15.0 Å². The molecule has 0 aromatic heterocycles. The van der Waals surface area contributed by atoms with Crippen molar-refractivity contribution in [2.24, 2.45) is 0 Å². The van der Waals surface area contributed by atoms with Gasteiger partial charge in [0, 0.05) is 5.69 Å². The van der Waals surface area contributed by atoms with Gasteiger partial charge < -0.3 is 14.6 Å². The van der Waals surface area contributed by atoms with Gasteiger partial charge in [-0.15, -0.1) is 0 Å². The lowest BCUT2D eigenvalue weighted by atomic mass is 9.85. The quantitative estimate of drug-likeness (QED) is 0.297. The molecule has 6 heteroatoms. The number of anilines is 1. The molecule has 1 fully saturated rings. The van der Waals surface area contributed by atoms with Gasteiger partial charge in [-0.25, -0.2) is 0 Å². The fraction of sp³-hybridized carbons (Fsp3) is 0.241. The summed E-state index contributed by atoms with van der Waals surface area (Å²) in [6.07, 6.45) is 0. The number of hydrogen-bond donors (Lipinski definition) is 1. The van der Waals surface area contributed by atoms with Gasteiger partial charge in [-0.3, -0.25) is 14.5 Å². The highest BCUT2D eigenvalue weighted by atomic mass is 16.5. The first-order valence-corrected chi connectivity index (χ1v) is 11.4. The summed E-state index contributed by atoms with van der Waals surface area (Å²) >= 11 is 0. The van der Waals surface area contributed by atoms with E-state index in [0.29, 0.717) is 28.3 Å². The van der Waals surface area contributed by atoms with E-state index in [4.69, 9.17) is 9.47 Å². The van der Waals surface area contributed by atoms with E-state index in [0.717, 1.165) is 5.56 Å². The normalized spacial score (nSPS) is 17.5. The summed E-state index contributed by atoms with van der Waals surface area (Å²) in [4.78, 5) is 28.1. The van der Waals surface area contributed by atoms with Crippen LogP contribution in [0.1, 0.15) is 43.5 Å². The van der Waals surface area contributed by atoms with E-state index in [1.54, 1.807) is 55.6 Å². The van der Waals surface area contributed by atoms with Gasteiger partial charge in [0.05, 0.1) is 31.4 Å². The van der Waals surface area contributed by atoms with Crippen LogP contribution >= 0.6 is 0 Å². The average molecular weight is 472 g/mol. The van der Waals surface area contributed by atoms with Gasteiger partial charge in [-0.05, 0) is 52.9 Å². The van der Waals surface area contributed by atoms with Crippen LogP contribution in [0.2, 0.25) is 0 Å². The van der Waals surface area contributed by atoms with Crippen molar-refractivity contribution in [2.75, 3.05) is 19.1 Å². The SMILES string of the molecule is COc1ccc(N2C(=O)C(=O)/C(=C(\O)c3ccccc3OC)C2c2ccc(C(C)(C)C)cc2)cc1. The standard InChI is InChI=1S/C29H29NO5/c1-29(2,3)19-12-10-18(11-13-19)25-24(26(31)22-8-6-7-9-23(22)35-5)27(32)28(33)30(25)20-14-16-21(34-4)17-15-20/h6-17,25,31H,1-5H3/b26-24-. The molecule has 180 valence electrons. The molecule has 0 radical (unpaired) electrons. The van der Waals surface area contributed by atoms with Crippen molar-refractivity contribution < 1.29 is 24.2 Å². The van der Waals surface area contributed by atoms with E-state index < -0.39 is 17.7 Å². The zero-order chi connectivity index (χ0) is 25.3. The molecule has 1 aliphatic heterocycles. The predicted octanol–water partition coefficient (Wildman–Crippen LogP) is 5.63. The highest BCUT2D eigenvalue weighted by molar-refractivity contribution is 6.51. The van der Waals surface area contributed by atoms with E-state index in [-0.39, 0.29) is 16.7 Å². The van der Waals surface area contributed by atoms with E-state index >= 15 is 0 Å². The number of amides is 1. The summed E-state index contributed by atoms with van der Waals surface area (Å²) in [5.74, 6) is -0.708. The molecule has 1 atom stereocenters. The highest BCUT2D eigenvalue weighted by Crippen LogP contribution is 2.43. The Morgan fingerprint density at radius 2 is 1.49 bits per heavy atom. The lowest BCUT2D eigenvalue weighted by Crippen LogP contribution is -2.29. The summed E-state index contributed by atoms with van der Waals surface area (Å²) < 4.78 is 10.6. The Balaban J connectivity index is 1.93. The van der Waals surface area contributed by atoms with E-state index in [1.165, 1.54) is 12.0 Å². The summed E-state index contributed by atoms with van der Waals surface area (Å²) in [7, 11) is 3.05. The van der Waals surface area contributed by atoms with Crippen molar-refractivity contribution in [1.82, 2.24) is 0 Å². The number of aliphatic hydroxyl groups excluding tert-OH is 1. The second kappa shape index (κ2) is 9.29. The van der Waals surface area contributed by atoms with E-state index in [9.17, 15) is 14.7 Å². The van der Waals surface area contributed by atoms with Crippen LogP contribution in [0.25, 0.3) is 5.76 Å². The van der Waals surface area contributed by atoms with E-state index in [2.05, 4.69) is 20.8 Å². The molecule has 1 saturated heterocycles. The van der Waals surface area contributed by atoms with Crippen molar-refractivity contribution >= 4 is 23.1 Å². The topological polar surface area (TPSA) is 76.1 Å². The summed E-state index contributed by atoms with van der Waals surface area (Å²) in [5.41, 5.74) is 2.65. The number of benzene rings is 3. The number of carbonyl (C=O) groups excluding carboxylic acids is 2. The molecule has 3 aromatic rings. The monoisotopic (exact) mass is 471 g/mol. The third kappa shape index (κ3) is 4.39. The molecule has 1 heterocycles. The first-order valence-electron chi connectivity index (χ1n) is 11.4. The molecule has 1 N–H and O–H groups in total. The molecule has 4 rings (SSSR count). The zero-order valence-corrected chi connectivity index (χ0v) is 20.5. The molecule has 1 amide bonds. The van der Waals surface area contributed by atoms with Gasteiger partial charge in [-0.2, -0.15) is 0 Å². The van der Waals surface area contributed by atoms with Gasteiger partial charge in [-0.1, -0.05) is 57.2 Å². The second-order valence-electron chi connectivity index (χ2n) is 9.44. The Bertz CT molecular complexity index is 1280. The van der Waals surface area contributed by atoms with Gasteiger partial charge in [0.15, 0.2) is 0 Å². The molecular formula is C29H29NO5. The largest absolute Gasteiger partial charge is 0.507 e. The first-order chi connectivity index (χ1) is 16.7. The third-order valence-electron chi connectivity index (χ3n) is 6.25. The smallest absolute Gasteiger partial charge is 0.300 e. The lowest BCUT2D eigenvalue weighted by Gasteiger charge is -2.27. The minimum atomic E-state index is -0.817. The maximum Gasteiger partial charge on any atom is 0.300 e. The van der Waals surface area contributed by atoms with Crippen molar-refractivity contribution in [2.45, 2.75) is 32.2 Å². The number of methoxy groups -OCH3 is 2. The van der Waals surface area contributed by atoms with Gasteiger partial charge >= 0.3 is 0 Å². The molecule has 6 nitrogen and oxygen atoms in total. The van der Waals surface area contributed by atoms with Crippen LogP contribution in [0.15, 0.2) is 78.4 Å². The number of nitrogens with zero attached hydrogens (tertiary/aromatic N) is 1. The predicted molar refractivity (Wildman–Crippen MR) is 136 cm³/mol. The molecule has 1 unspecified atom stereocenters. The molecule has 35 heavy (non-hydrogen) atoms. The maximum atomic E-state index is 13.4. The Hall–Kier alpha value is -4.06. The number of carbonyl (C=O) groups is 2. The van der Waals surface area contributed by atoms with Crippen LogP contribution in [0.3, 0.4) is 0 Å². The number of ketones is 1. The number of aliphatic hydroxyl groups is 1. The molecule has 0 bridgehead atoms. The fourth-order valence-corrected chi connectivity index (χ4v) is 4.31. The minimum Gasteiger partial charge on any atom is -0.507 e. The van der Waals surface area contributed by atoms with Crippen molar-refractivity contribution in [3.05, 3.63) is 95.1 Å². The molecule has 1 aliphatic rings. The van der Waals surface area contributed by atoms with Gasteiger partial charge in [0.25, 0.3) is 11.7 Å². The summed E-state index contributed by atoms with van der Waals surface area (Å²) in [5, 5.41) is 11.4. The van der Waals surface area contributed by atoms with E-state index in [1.807, 2.05) is 24.3 Å². The average Bonchev–Trinajstić information content (AvgIpc) is 3.13. The Morgan fingerprint density at radius 1 is 0.857 bits per heavy atom. The third-order valence-corrected chi connectivity index (χ3v) is 6.25. The molecule has 0 saturated carbocycles. The lowest BCUT2D eigenvalue weighted by molar-refractivity contribution is -0.132. The molecular weight excluding hydrogens is 442 g/mol. The zero-order valence-electron chi connectivity index (χ0n) is 20.5.